The lowest BCUT2D eigenvalue weighted by molar-refractivity contribution is 0.00539. The first-order valence-electron chi connectivity index (χ1n) is 14.6. The minimum absolute atomic E-state index is 0.0847. The van der Waals surface area contributed by atoms with Gasteiger partial charge in [0.15, 0.2) is 6.79 Å². The molecule has 222 valence electrons. The van der Waals surface area contributed by atoms with Gasteiger partial charge < -0.3 is 19.1 Å². The topological polar surface area (TPSA) is 94.8 Å². The lowest BCUT2D eigenvalue weighted by Crippen LogP contribution is -2.50. The van der Waals surface area contributed by atoms with Crippen LogP contribution in [0.25, 0.3) is 33.2 Å². The van der Waals surface area contributed by atoms with Gasteiger partial charge in [-0.2, -0.15) is 5.10 Å². The average Bonchev–Trinajstić information content (AvgIpc) is 3.29. The van der Waals surface area contributed by atoms with Gasteiger partial charge in [0, 0.05) is 55.5 Å². The van der Waals surface area contributed by atoms with Crippen LogP contribution in [0.3, 0.4) is 0 Å². The van der Waals surface area contributed by atoms with Crippen molar-refractivity contribution in [3.05, 3.63) is 42.1 Å². The monoisotopic (exact) mass is 572 g/mol. The molecule has 6 rings (SSSR count). The largest absolute Gasteiger partial charge is 0.466 e. The summed E-state index contributed by atoms with van der Waals surface area (Å²) in [6.07, 6.45) is 4.68. The summed E-state index contributed by atoms with van der Waals surface area (Å²) in [6, 6.07) is 10.2. The summed E-state index contributed by atoms with van der Waals surface area (Å²) >= 11 is 0. The van der Waals surface area contributed by atoms with E-state index in [4.69, 9.17) is 24.2 Å². The van der Waals surface area contributed by atoms with Crippen LogP contribution in [-0.4, -0.2) is 74.9 Å². The van der Waals surface area contributed by atoms with Crippen LogP contribution in [0.4, 0.5) is 10.6 Å². The normalized spacial score (nSPS) is 18.1. The molecular formula is C32H40N6O4. The predicted molar refractivity (Wildman–Crippen MR) is 163 cm³/mol. The van der Waals surface area contributed by atoms with E-state index in [9.17, 15) is 4.79 Å². The number of rotatable bonds is 7. The molecule has 42 heavy (non-hydrogen) atoms. The molecule has 4 heterocycles. The second-order valence-corrected chi connectivity index (χ2v) is 12.8. The molecule has 10 heteroatoms. The van der Waals surface area contributed by atoms with Gasteiger partial charge in [0.2, 0.25) is 0 Å². The molecule has 0 radical (unpaired) electrons. The van der Waals surface area contributed by atoms with Crippen molar-refractivity contribution >= 4 is 33.8 Å². The Morgan fingerprint density at radius 3 is 2.60 bits per heavy atom. The highest BCUT2D eigenvalue weighted by Crippen LogP contribution is 2.45. The van der Waals surface area contributed by atoms with Crippen molar-refractivity contribution < 1.29 is 19.0 Å². The lowest BCUT2D eigenvalue weighted by Gasteiger charge is -2.36. The maximum absolute atomic E-state index is 13.2. The molecule has 1 amide bonds. The van der Waals surface area contributed by atoms with Crippen molar-refractivity contribution in [2.45, 2.75) is 71.1 Å². The van der Waals surface area contributed by atoms with Crippen LogP contribution < -0.4 is 9.64 Å². The number of pyridine rings is 2. The number of hydrogen-bond acceptors (Lipinski definition) is 8. The van der Waals surface area contributed by atoms with Gasteiger partial charge in [-0.1, -0.05) is 0 Å². The van der Waals surface area contributed by atoms with E-state index in [-0.39, 0.29) is 24.5 Å². The van der Waals surface area contributed by atoms with E-state index >= 15 is 0 Å². The Morgan fingerprint density at radius 2 is 1.88 bits per heavy atom. The standard InChI is InChI=1S/C32H40N6O4/c1-20-28-21(17-36(6)35-28)16-23(29(20)41-19-40-7)24-8-9-26-25(33-24)10-11-27(34-26)37-15-12-22(18-37)38(32(5)13-14-32)30(39)42-31(2,3)4/h8-11,16-17,22H,12-15,18-19H2,1-7H3. The molecule has 10 nitrogen and oxygen atoms in total. The highest BCUT2D eigenvalue weighted by molar-refractivity contribution is 5.92. The van der Waals surface area contributed by atoms with Gasteiger partial charge in [-0.05, 0) is 84.2 Å². The van der Waals surface area contributed by atoms with Crippen molar-refractivity contribution in [1.82, 2.24) is 24.6 Å². The molecule has 1 aliphatic carbocycles. The van der Waals surface area contributed by atoms with E-state index in [0.29, 0.717) is 5.75 Å². The summed E-state index contributed by atoms with van der Waals surface area (Å²) < 4.78 is 18.8. The molecule has 1 atom stereocenters. The van der Waals surface area contributed by atoms with Crippen molar-refractivity contribution in [2.24, 2.45) is 7.05 Å². The smallest absolute Gasteiger partial charge is 0.411 e. The summed E-state index contributed by atoms with van der Waals surface area (Å²) in [5.41, 5.74) is 4.49. The summed E-state index contributed by atoms with van der Waals surface area (Å²) in [4.78, 5) is 27.4. The Morgan fingerprint density at radius 1 is 1.14 bits per heavy atom. The predicted octanol–water partition coefficient (Wildman–Crippen LogP) is 5.84. The van der Waals surface area contributed by atoms with Crippen LogP contribution in [0.2, 0.25) is 0 Å². The number of fused-ring (bicyclic) bond motifs is 2. The number of ether oxygens (including phenoxy) is 3. The quantitative estimate of drug-likeness (QED) is 0.255. The molecule has 3 aromatic heterocycles. The Balaban J connectivity index is 1.27. The van der Waals surface area contributed by atoms with E-state index in [2.05, 4.69) is 23.0 Å². The molecule has 1 aromatic carbocycles. The Labute approximate surface area is 246 Å². The van der Waals surface area contributed by atoms with Gasteiger partial charge >= 0.3 is 6.09 Å². The lowest BCUT2D eigenvalue weighted by atomic mass is 10.0. The van der Waals surface area contributed by atoms with Gasteiger partial charge in [-0.3, -0.25) is 9.58 Å². The molecule has 4 aromatic rings. The van der Waals surface area contributed by atoms with E-state index in [1.54, 1.807) is 11.8 Å². The van der Waals surface area contributed by atoms with Crippen molar-refractivity contribution in [3.63, 3.8) is 0 Å². The van der Waals surface area contributed by atoms with Crippen LogP contribution in [0.5, 0.6) is 5.75 Å². The minimum Gasteiger partial charge on any atom is -0.466 e. The number of carbonyl (C=O) groups excluding carboxylic acids is 1. The maximum atomic E-state index is 13.2. The molecule has 0 spiro atoms. The van der Waals surface area contributed by atoms with Gasteiger partial charge in [0.05, 0.1) is 28.3 Å². The second kappa shape index (κ2) is 10.4. The molecule has 0 N–H and O–H groups in total. The highest BCUT2D eigenvalue weighted by Gasteiger charge is 2.51. The van der Waals surface area contributed by atoms with Crippen LogP contribution in [0.1, 0.15) is 52.5 Å². The third kappa shape index (κ3) is 5.35. The van der Waals surface area contributed by atoms with Crippen LogP contribution >= 0.6 is 0 Å². The van der Waals surface area contributed by atoms with E-state index in [1.807, 2.05) is 70.1 Å². The number of anilines is 1. The molecule has 1 unspecified atom stereocenters. The second-order valence-electron chi connectivity index (χ2n) is 12.8. The summed E-state index contributed by atoms with van der Waals surface area (Å²) in [5.74, 6) is 1.60. The number of carbonyl (C=O) groups is 1. The molecule has 1 aliphatic heterocycles. The molecule has 0 bridgehead atoms. The number of amides is 1. The first kappa shape index (κ1) is 28.2. The fraction of sp³-hybridized carbons (Fsp3) is 0.500. The number of benzene rings is 1. The van der Waals surface area contributed by atoms with Gasteiger partial charge in [-0.25, -0.2) is 14.8 Å². The highest BCUT2D eigenvalue weighted by atomic mass is 16.7. The fourth-order valence-electron chi connectivity index (χ4n) is 5.96. The third-order valence-electron chi connectivity index (χ3n) is 8.22. The zero-order valence-electron chi connectivity index (χ0n) is 25.6. The first-order chi connectivity index (χ1) is 20.0. The zero-order chi connectivity index (χ0) is 29.8. The minimum atomic E-state index is -0.524. The van der Waals surface area contributed by atoms with Gasteiger partial charge in [-0.15, -0.1) is 0 Å². The van der Waals surface area contributed by atoms with Crippen LogP contribution in [0.15, 0.2) is 36.5 Å². The van der Waals surface area contributed by atoms with E-state index in [1.165, 1.54) is 0 Å². The van der Waals surface area contributed by atoms with E-state index in [0.717, 1.165) is 76.9 Å². The average molecular weight is 573 g/mol. The third-order valence-corrected chi connectivity index (χ3v) is 8.22. The Kier molecular flexibility index (Phi) is 7.00. The number of hydrogen-bond donors (Lipinski definition) is 0. The van der Waals surface area contributed by atoms with Crippen LogP contribution in [-0.2, 0) is 16.5 Å². The number of nitrogens with zero attached hydrogens (tertiary/aromatic N) is 6. The van der Waals surface area contributed by atoms with E-state index < -0.39 is 5.60 Å². The van der Waals surface area contributed by atoms with Crippen molar-refractivity contribution in [3.8, 4) is 17.0 Å². The molecular weight excluding hydrogens is 532 g/mol. The number of aryl methyl sites for hydroxylation is 2. The van der Waals surface area contributed by atoms with Crippen molar-refractivity contribution in [1.29, 1.82) is 0 Å². The molecule has 1 saturated carbocycles. The zero-order valence-corrected chi connectivity index (χ0v) is 25.6. The summed E-state index contributed by atoms with van der Waals surface area (Å²) in [5, 5.41) is 5.63. The summed E-state index contributed by atoms with van der Waals surface area (Å²) in [6.45, 7) is 11.6. The molecule has 2 fully saturated rings. The van der Waals surface area contributed by atoms with Crippen LogP contribution in [0, 0.1) is 6.92 Å². The van der Waals surface area contributed by atoms with Gasteiger partial charge in [0.25, 0.3) is 0 Å². The number of aromatic nitrogens is 4. The SMILES string of the molecule is COCOc1c(-c2ccc3nc(N4CCC(N(C(=O)OC(C)(C)C)C5(C)CC5)C4)ccc3n2)cc2cn(C)nc2c1C. The Bertz CT molecular complexity index is 1650. The number of methoxy groups -OCH3 is 1. The first-order valence-corrected chi connectivity index (χ1v) is 14.6. The maximum Gasteiger partial charge on any atom is 0.411 e. The van der Waals surface area contributed by atoms with Gasteiger partial charge in [0.1, 0.15) is 17.2 Å². The fourth-order valence-corrected chi connectivity index (χ4v) is 5.96. The Hall–Kier alpha value is -3.92. The summed E-state index contributed by atoms with van der Waals surface area (Å²) in [7, 11) is 3.52. The van der Waals surface area contributed by atoms with Crippen molar-refractivity contribution in [2.75, 3.05) is 31.9 Å². The molecule has 2 aliphatic rings. The molecule has 1 saturated heterocycles.